The number of aliphatic hydroxyl groups is 1. The van der Waals surface area contributed by atoms with E-state index >= 15 is 0 Å². The molecule has 0 aromatic heterocycles. The molecule has 9 heteroatoms. The number of nitro groups is 1. The van der Waals surface area contributed by atoms with Gasteiger partial charge in [0.2, 0.25) is 0 Å². The summed E-state index contributed by atoms with van der Waals surface area (Å²) in [6.45, 7) is 3.36. The Balaban J connectivity index is 1.60. The number of non-ortho nitro benzene ring substituents is 1. The van der Waals surface area contributed by atoms with E-state index in [1.807, 2.05) is 79.7 Å². The maximum absolute atomic E-state index is 13.7. The molecule has 0 saturated carbocycles. The van der Waals surface area contributed by atoms with Crippen LogP contribution in [-0.2, 0) is 23.1 Å². The van der Waals surface area contributed by atoms with E-state index in [2.05, 4.69) is 0 Å². The molecular formula is C30H32N3O5S+. The number of sulfonamides is 1. The van der Waals surface area contributed by atoms with Crippen LogP contribution in [0.1, 0.15) is 16.7 Å². The fourth-order valence-electron chi connectivity index (χ4n) is 4.49. The summed E-state index contributed by atoms with van der Waals surface area (Å²) in [6.07, 6.45) is -0.985. The Labute approximate surface area is 229 Å². The van der Waals surface area contributed by atoms with E-state index in [-0.39, 0.29) is 17.1 Å². The number of aliphatic hydroxyl groups excluding tert-OH is 1. The molecule has 4 aromatic carbocycles. The standard InChI is InChI=1S/C30H31N3O5S/c1-24-12-14-27(15-13-24)32(39(37,38)30-18-16-28(17-19-30)33(35)36)23-29(34)22-31(20-25-8-4-2-5-9-25)21-26-10-6-3-7-11-26/h2-19,29,34H,20-23H2,1H3/p+1/t29-/m1/s1. The number of aryl methyl sites for hydroxylation is 1. The van der Waals surface area contributed by atoms with Crippen molar-refractivity contribution in [3.63, 3.8) is 0 Å². The Morgan fingerprint density at radius 2 is 1.33 bits per heavy atom. The lowest BCUT2D eigenvalue weighted by molar-refractivity contribution is -0.930. The molecule has 4 aromatic rings. The minimum Gasteiger partial charge on any atom is -0.385 e. The second kappa shape index (κ2) is 12.7. The molecule has 0 aliphatic carbocycles. The minimum absolute atomic E-state index is 0.0846. The zero-order chi connectivity index (χ0) is 27.8. The molecule has 39 heavy (non-hydrogen) atoms. The number of quaternary nitrogens is 1. The molecule has 0 unspecified atom stereocenters. The van der Waals surface area contributed by atoms with E-state index in [1.54, 1.807) is 12.1 Å². The minimum atomic E-state index is -4.12. The van der Waals surface area contributed by atoms with Gasteiger partial charge in [0.25, 0.3) is 15.7 Å². The largest absolute Gasteiger partial charge is 0.385 e. The van der Waals surface area contributed by atoms with Crippen LogP contribution in [0.4, 0.5) is 11.4 Å². The summed E-state index contributed by atoms with van der Waals surface area (Å²) >= 11 is 0. The van der Waals surface area contributed by atoms with E-state index in [0.29, 0.717) is 25.3 Å². The lowest BCUT2D eigenvalue weighted by Gasteiger charge is -2.29. The molecule has 2 N–H and O–H groups in total. The Morgan fingerprint density at radius 1 is 0.821 bits per heavy atom. The van der Waals surface area contributed by atoms with Crippen molar-refractivity contribution in [2.45, 2.75) is 31.0 Å². The van der Waals surface area contributed by atoms with E-state index < -0.39 is 21.1 Å². The highest BCUT2D eigenvalue weighted by Crippen LogP contribution is 2.26. The summed E-state index contributed by atoms with van der Waals surface area (Å²) in [5.74, 6) is 0. The Kier molecular flexibility index (Phi) is 9.08. The third kappa shape index (κ3) is 7.51. The molecule has 0 aliphatic rings. The van der Waals surface area contributed by atoms with Crippen LogP contribution in [0.5, 0.6) is 0 Å². The van der Waals surface area contributed by atoms with E-state index in [4.69, 9.17) is 0 Å². The highest BCUT2D eigenvalue weighted by molar-refractivity contribution is 7.92. The van der Waals surface area contributed by atoms with Crippen LogP contribution in [0.2, 0.25) is 0 Å². The van der Waals surface area contributed by atoms with Crippen molar-refractivity contribution in [1.82, 2.24) is 0 Å². The van der Waals surface area contributed by atoms with Gasteiger partial charge in [-0.05, 0) is 31.2 Å². The van der Waals surface area contributed by atoms with E-state index in [0.717, 1.165) is 21.6 Å². The second-order valence-corrected chi connectivity index (χ2v) is 11.4. The molecule has 1 atom stereocenters. The monoisotopic (exact) mass is 546 g/mol. The molecular weight excluding hydrogens is 514 g/mol. The molecule has 0 bridgehead atoms. The fraction of sp³-hybridized carbons (Fsp3) is 0.200. The van der Waals surface area contributed by atoms with E-state index in [9.17, 15) is 23.6 Å². The van der Waals surface area contributed by atoms with Crippen molar-refractivity contribution < 1.29 is 23.3 Å². The van der Waals surface area contributed by atoms with Gasteiger partial charge in [-0.15, -0.1) is 0 Å². The predicted octanol–water partition coefficient (Wildman–Crippen LogP) is 3.74. The first-order valence-electron chi connectivity index (χ1n) is 12.7. The van der Waals surface area contributed by atoms with Gasteiger partial charge in [0.15, 0.2) is 0 Å². The smallest absolute Gasteiger partial charge is 0.269 e. The highest BCUT2D eigenvalue weighted by Gasteiger charge is 2.29. The average Bonchev–Trinajstić information content (AvgIpc) is 2.93. The van der Waals surface area contributed by atoms with Crippen LogP contribution >= 0.6 is 0 Å². The number of anilines is 1. The molecule has 0 amide bonds. The summed E-state index contributed by atoms with van der Waals surface area (Å²) in [5.41, 5.74) is 3.41. The van der Waals surface area contributed by atoms with Gasteiger partial charge < -0.3 is 10.0 Å². The summed E-state index contributed by atoms with van der Waals surface area (Å²) in [5, 5.41) is 22.3. The SMILES string of the molecule is Cc1ccc(N(C[C@H](O)C[NH+](Cc2ccccc2)Cc2ccccc2)S(=O)(=O)c2ccc([N+](=O)[O-])cc2)cc1. The first kappa shape index (κ1) is 28.0. The fourth-order valence-corrected chi connectivity index (χ4v) is 5.99. The van der Waals surface area contributed by atoms with Crippen LogP contribution in [0.25, 0.3) is 0 Å². The summed E-state index contributed by atoms with van der Waals surface area (Å²) < 4.78 is 28.7. The van der Waals surface area contributed by atoms with Crippen molar-refractivity contribution in [2.75, 3.05) is 17.4 Å². The number of nitrogens with one attached hydrogen (secondary N) is 1. The van der Waals surface area contributed by atoms with Crippen LogP contribution in [-0.4, -0.2) is 37.6 Å². The third-order valence-electron chi connectivity index (χ3n) is 6.45. The zero-order valence-electron chi connectivity index (χ0n) is 21.7. The summed E-state index contributed by atoms with van der Waals surface area (Å²) in [6, 6.07) is 31.8. The molecule has 4 rings (SSSR count). The summed E-state index contributed by atoms with van der Waals surface area (Å²) in [4.78, 5) is 11.5. The van der Waals surface area contributed by atoms with Crippen molar-refractivity contribution in [3.05, 3.63) is 136 Å². The van der Waals surface area contributed by atoms with Crippen molar-refractivity contribution in [3.8, 4) is 0 Å². The molecule has 0 aliphatic heterocycles. The van der Waals surface area contributed by atoms with Gasteiger partial charge in [-0.1, -0.05) is 78.4 Å². The molecule has 0 saturated heterocycles. The summed E-state index contributed by atoms with van der Waals surface area (Å²) in [7, 11) is -4.12. The number of rotatable bonds is 12. The normalized spacial score (nSPS) is 12.3. The molecule has 0 fully saturated rings. The Morgan fingerprint density at radius 3 is 1.82 bits per heavy atom. The first-order chi connectivity index (χ1) is 18.7. The topological polar surface area (TPSA) is 105 Å². The number of hydrogen-bond donors (Lipinski definition) is 2. The molecule has 202 valence electrons. The maximum atomic E-state index is 13.7. The van der Waals surface area contributed by atoms with Gasteiger partial charge >= 0.3 is 0 Å². The number of hydrogen-bond acceptors (Lipinski definition) is 5. The van der Waals surface area contributed by atoms with Crippen molar-refractivity contribution >= 4 is 21.4 Å². The Hall–Kier alpha value is -4.05. The first-order valence-corrected chi connectivity index (χ1v) is 14.1. The van der Waals surface area contributed by atoms with Crippen LogP contribution in [0.3, 0.4) is 0 Å². The average molecular weight is 547 g/mol. The highest BCUT2D eigenvalue weighted by atomic mass is 32.2. The van der Waals surface area contributed by atoms with Gasteiger partial charge in [0, 0.05) is 23.3 Å². The predicted molar refractivity (Wildman–Crippen MR) is 151 cm³/mol. The Bertz CT molecular complexity index is 1420. The number of benzene rings is 4. The van der Waals surface area contributed by atoms with Gasteiger partial charge in [-0.3, -0.25) is 14.4 Å². The van der Waals surface area contributed by atoms with Crippen LogP contribution < -0.4 is 9.21 Å². The number of nitro benzene ring substituents is 1. The van der Waals surface area contributed by atoms with Crippen molar-refractivity contribution in [1.29, 1.82) is 0 Å². The quantitative estimate of drug-likeness (QED) is 0.208. The molecule has 0 heterocycles. The number of nitrogens with zero attached hydrogens (tertiary/aromatic N) is 2. The van der Waals surface area contributed by atoms with Crippen LogP contribution in [0.15, 0.2) is 114 Å². The molecule has 0 radical (unpaired) electrons. The zero-order valence-corrected chi connectivity index (χ0v) is 22.5. The van der Waals surface area contributed by atoms with Gasteiger partial charge in [-0.25, -0.2) is 8.42 Å². The van der Waals surface area contributed by atoms with E-state index in [1.165, 1.54) is 28.6 Å². The van der Waals surface area contributed by atoms with Crippen LogP contribution in [0, 0.1) is 17.0 Å². The van der Waals surface area contributed by atoms with Crippen molar-refractivity contribution in [2.24, 2.45) is 0 Å². The molecule has 8 nitrogen and oxygen atoms in total. The third-order valence-corrected chi connectivity index (χ3v) is 8.26. The lowest BCUT2D eigenvalue weighted by atomic mass is 10.1. The molecule has 0 spiro atoms. The van der Waals surface area contributed by atoms with Gasteiger partial charge in [-0.2, -0.15) is 0 Å². The lowest BCUT2D eigenvalue weighted by Crippen LogP contribution is -3.10. The van der Waals surface area contributed by atoms with Gasteiger partial charge in [0.1, 0.15) is 25.7 Å². The second-order valence-electron chi connectivity index (χ2n) is 9.56. The maximum Gasteiger partial charge on any atom is 0.269 e. The van der Waals surface area contributed by atoms with Gasteiger partial charge in [0.05, 0.1) is 22.1 Å².